The average molecular weight is 329 g/mol. The zero-order valence-electron chi connectivity index (χ0n) is 12.5. The van der Waals surface area contributed by atoms with E-state index in [1.54, 1.807) is 0 Å². The second kappa shape index (κ2) is 6.23. The standard InChI is InChI=1S/C14H17F2N3O4/c1-7-6-9(17)18-13(22)19(7)12-14(16,4-3-5-15)11(21)10(23-12)8(2)20/h6,8,10-12,20-21H,5H2,1-2H3,(H2,17,18,22)/t8-,10?,11-,12+,14?/m0/s1. The molecule has 0 amide bonds. The Kier molecular flexibility index (Phi) is 4.70. The van der Waals surface area contributed by atoms with Crippen molar-refractivity contribution in [1.29, 1.82) is 0 Å². The van der Waals surface area contributed by atoms with E-state index in [4.69, 9.17) is 10.5 Å². The minimum Gasteiger partial charge on any atom is -0.391 e. The van der Waals surface area contributed by atoms with Crippen molar-refractivity contribution < 1.29 is 23.7 Å². The molecular weight excluding hydrogens is 312 g/mol. The van der Waals surface area contributed by atoms with Gasteiger partial charge < -0.3 is 20.7 Å². The maximum absolute atomic E-state index is 15.3. The number of alkyl halides is 2. The smallest absolute Gasteiger partial charge is 0.351 e. The number of halogens is 2. The van der Waals surface area contributed by atoms with Gasteiger partial charge in [0, 0.05) is 5.69 Å². The molecule has 0 saturated carbocycles. The fourth-order valence-corrected chi connectivity index (χ4v) is 2.55. The van der Waals surface area contributed by atoms with E-state index in [2.05, 4.69) is 4.98 Å². The van der Waals surface area contributed by atoms with Crippen LogP contribution in [0, 0.1) is 18.8 Å². The highest BCUT2D eigenvalue weighted by atomic mass is 19.1. The molecule has 0 bridgehead atoms. The Bertz CT molecular complexity index is 712. The fourth-order valence-electron chi connectivity index (χ4n) is 2.55. The van der Waals surface area contributed by atoms with E-state index in [0.29, 0.717) is 0 Å². The normalized spacial score (nSPS) is 31.5. The lowest BCUT2D eigenvalue weighted by Gasteiger charge is -2.25. The summed E-state index contributed by atoms with van der Waals surface area (Å²) in [5.74, 6) is 3.80. The van der Waals surface area contributed by atoms with Gasteiger partial charge in [-0.05, 0) is 19.9 Å². The summed E-state index contributed by atoms with van der Waals surface area (Å²) in [7, 11) is 0. The van der Waals surface area contributed by atoms with Gasteiger partial charge in [-0.25, -0.2) is 13.6 Å². The van der Waals surface area contributed by atoms with E-state index >= 15 is 4.39 Å². The van der Waals surface area contributed by atoms with Gasteiger partial charge in [0.2, 0.25) is 5.67 Å². The number of nitrogen functional groups attached to an aromatic ring is 1. The van der Waals surface area contributed by atoms with Crippen molar-refractivity contribution in [2.24, 2.45) is 0 Å². The number of aliphatic hydroxyl groups is 2. The van der Waals surface area contributed by atoms with Crippen LogP contribution in [0.1, 0.15) is 18.8 Å². The molecule has 0 aliphatic carbocycles. The molecule has 1 aromatic heterocycles. The summed E-state index contributed by atoms with van der Waals surface area (Å²) in [5.41, 5.74) is 1.97. The van der Waals surface area contributed by atoms with Crippen LogP contribution in [0.15, 0.2) is 10.9 Å². The summed E-state index contributed by atoms with van der Waals surface area (Å²) in [6, 6.07) is 1.32. The molecule has 0 radical (unpaired) electrons. The summed E-state index contributed by atoms with van der Waals surface area (Å²) in [6.45, 7) is 1.61. The van der Waals surface area contributed by atoms with Crippen molar-refractivity contribution in [3.8, 4) is 11.8 Å². The van der Waals surface area contributed by atoms with E-state index in [9.17, 15) is 19.4 Å². The predicted octanol–water partition coefficient (Wildman–Crippen LogP) is -0.546. The van der Waals surface area contributed by atoms with Gasteiger partial charge in [-0.1, -0.05) is 11.8 Å². The Hall–Kier alpha value is -2.02. The molecule has 23 heavy (non-hydrogen) atoms. The molecule has 0 aromatic carbocycles. The van der Waals surface area contributed by atoms with E-state index in [-0.39, 0.29) is 11.5 Å². The molecular formula is C14H17F2N3O4. The van der Waals surface area contributed by atoms with Crippen molar-refractivity contribution in [2.45, 2.75) is 44.1 Å². The van der Waals surface area contributed by atoms with Crippen LogP contribution in [0.3, 0.4) is 0 Å². The molecule has 126 valence electrons. The van der Waals surface area contributed by atoms with E-state index in [0.717, 1.165) is 4.57 Å². The van der Waals surface area contributed by atoms with Gasteiger partial charge in [-0.3, -0.25) is 4.57 Å². The first-order valence-electron chi connectivity index (χ1n) is 6.84. The molecule has 7 nitrogen and oxygen atoms in total. The van der Waals surface area contributed by atoms with Crippen molar-refractivity contribution >= 4 is 5.82 Å². The minimum atomic E-state index is -2.79. The van der Waals surface area contributed by atoms with Gasteiger partial charge in [-0.15, -0.1) is 0 Å². The van der Waals surface area contributed by atoms with Gasteiger partial charge in [-0.2, -0.15) is 4.98 Å². The molecule has 4 N–H and O–H groups in total. The third-order valence-corrected chi connectivity index (χ3v) is 3.61. The molecule has 2 unspecified atom stereocenters. The number of hydrogen-bond acceptors (Lipinski definition) is 6. The third-order valence-electron chi connectivity index (χ3n) is 3.61. The fraction of sp³-hybridized carbons (Fsp3) is 0.571. The highest BCUT2D eigenvalue weighted by Crippen LogP contribution is 2.42. The Labute approximate surface area is 130 Å². The van der Waals surface area contributed by atoms with E-state index in [1.165, 1.54) is 19.9 Å². The Morgan fingerprint density at radius 1 is 1.65 bits per heavy atom. The molecule has 9 heteroatoms. The maximum atomic E-state index is 15.3. The Morgan fingerprint density at radius 3 is 2.83 bits per heavy atom. The number of anilines is 1. The maximum Gasteiger partial charge on any atom is 0.351 e. The van der Waals surface area contributed by atoms with Crippen molar-refractivity contribution in [3.05, 3.63) is 22.2 Å². The predicted molar refractivity (Wildman–Crippen MR) is 76.8 cm³/mol. The summed E-state index contributed by atoms with van der Waals surface area (Å²) >= 11 is 0. The Balaban J connectivity index is 2.61. The third kappa shape index (κ3) is 2.93. The topological polar surface area (TPSA) is 111 Å². The van der Waals surface area contributed by atoms with Crippen molar-refractivity contribution in [3.63, 3.8) is 0 Å². The first-order chi connectivity index (χ1) is 10.7. The van der Waals surface area contributed by atoms with Gasteiger partial charge in [0.05, 0.1) is 6.10 Å². The van der Waals surface area contributed by atoms with Crippen molar-refractivity contribution in [1.82, 2.24) is 9.55 Å². The second-order valence-electron chi connectivity index (χ2n) is 5.32. The van der Waals surface area contributed by atoms with Crippen LogP contribution in [-0.2, 0) is 4.74 Å². The molecule has 1 fully saturated rings. The zero-order chi connectivity index (χ0) is 17.4. The monoisotopic (exact) mass is 329 g/mol. The average Bonchev–Trinajstić information content (AvgIpc) is 2.70. The van der Waals surface area contributed by atoms with Gasteiger partial charge in [0.25, 0.3) is 0 Å². The number of aryl methyl sites for hydroxylation is 1. The summed E-state index contributed by atoms with van der Waals surface area (Å²) < 4.78 is 33.7. The molecule has 2 rings (SSSR count). The summed E-state index contributed by atoms with van der Waals surface area (Å²) in [6.07, 6.45) is -6.16. The number of nitrogens with two attached hydrogens (primary N) is 1. The van der Waals surface area contributed by atoms with Crippen molar-refractivity contribution in [2.75, 3.05) is 12.4 Å². The lowest BCUT2D eigenvalue weighted by molar-refractivity contribution is -0.0808. The van der Waals surface area contributed by atoms with Crippen LogP contribution in [0.5, 0.6) is 0 Å². The first kappa shape index (κ1) is 17.3. The number of nitrogens with zero attached hydrogens (tertiary/aromatic N) is 2. The van der Waals surface area contributed by atoms with Crippen LogP contribution in [0.2, 0.25) is 0 Å². The number of aromatic nitrogens is 2. The number of ether oxygens (including phenoxy) is 1. The lowest BCUT2D eigenvalue weighted by atomic mass is 9.94. The molecule has 1 aliphatic heterocycles. The summed E-state index contributed by atoms with van der Waals surface area (Å²) in [4.78, 5) is 15.5. The summed E-state index contributed by atoms with van der Waals surface area (Å²) in [5, 5.41) is 19.8. The Morgan fingerprint density at radius 2 is 2.30 bits per heavy atom. The molecule has 2 heterocycles. The van der Waals surface area contributed by atoms with Crippen LogP contribution in [0.25, 0.3) is 0 Å². The highest BCUT2D eigenvalue weighted by Gasteiger charge is 2.59. The van der Waals surface area contributed by atoms with E-state index in [1.807, 2.05) is 11.8 Å². The van der Waals surface area contributed by atoms with E-state index < -0.39 is 42.6 Å². The van der Waals surface area contributed by atoms with Crippen LogP contribution in [0.4, 0.5) is 14.6 Å². The van der Waals surface area contributed by atoms with Gasteiger partial charge >= 0.3 is 5.69 Å². The lowest BCUT2D eigenvalue weighted by Crippen LogP contribution is -2.46. The quantitative estimate of drug-likeness (QED) is 0.628. The molecule has 1 saturated heterocycles. The molecule has 1 aliphatic rings. The van der Waals surface area contributed by atoms with Crippen LogP contribution < -0.4 is 11.4 Å². The molecule has 1 aromatic rings. The molecule has 0 spiro atoms. The number of rotatable bonds is 2. The molecule has 5 atom stereocenters. The second-order valence-corrected chi connectivity index (χ2v) is 5.32. The van der Waals surface area contributed by atoms with Crippen LogP contribution >= 0.6 is 0 Å². The first-order valence-corrected chi connectivity index (χ1v) is 6.84. The minimum absolute atomic E-state index is 0.0614. The number of hydrogen-bond donors (Lipinski definition) is 3. The number of aliphatic hydroxyl groups excluding tert-OH is 2. The largest absolute Gasteiger partial charge is 0.391 e. The zero-order valence-corrected chi connectivity index (χ0v) is 12.5. The van der Waals surface area contributed by atoms with Gasteiger partial charge in [0.1, 0.15) is 24.7 Å². The highest BCUT2D eigenvalue weighted by molar-refractivity contribution is 5.30. The van der Waals surface area contributed by atoms with Crippen LogP contribution in [-0.4, -0.2) is 50.4 Å². The van der Waals surface area contributed by atoms with Gasteiger partial charge in [0.15, 0.2) is 6.23 Å². The SMILES string of the molecule is Cc1cc(N)nc(=O)n1[C@@H]1OC([C@H](C)O)[C@H](O)C1(F)C#CCF.